The van der Waals surface area contributed by atoms with E-state index >= 15 is 0 Å². The third kappa shape index (κ3) is 5.21. The standard InChI is InChI=1S/C13H15F3N2O2/c1-8(2)5-6-18-12(19)9-3-4-11(10(17)7-9)20-13(14,15)16/h3-5,7H,6,17H2,1-2H3,(H,18,19). The maximum absolute atomic E-state index is 12.1. The topological polar surface area (TPSA) is 64.3 Å². The normalized spacial score (nSPS) is 10.8. The number of nitrogens with two attached hydrogens (primary N) is 1. The molecule has 0 saturated heterocycles. The maximum Gasteiger partial charge on any atom is 0.573 e. The van der Waals surface area contributed by atoms with Crippen molar-refractivity contribution in [3.05, 3.63) is 35.4 Å². The number of hydrogen-bond acceptors (Lipinski definition) is 3. The van der Waals surface area contributed by atoms with Gasteiger partial charge < -0.3 is 15.8 Å². The molecule has 7 heteroatoms. The Bertz CT molecular complexity index is 521. The summed E-state index contributed by atoms with van der Waals surface area (Å²) in [6, 6.07) is 3.37. The Labute approximate surface area is 114 Å². The van der Waals surface area contributed by atoms with Crippen LogP contribution in [0.2, 0.25) is 0 Å². The molecule has 0 radical (unpaired) electrons. The molecule has 0 fully saturated rings. The monoisotopic (exact) mass is 288 g/mol. The summed E-state index contributed by atoms with van der Waals surface area (Å²) in [5, 5.41) is 2.59. The highest BCUT2D eigenvalue weighted by atomic mass is 19.4. The molecule has 1 aromatic carbocycles. The molecule has 110 valence electrons. The molecule has 1 aromatic rings. The number of rotatable bonds is 4. The minimum Gasteiger partial charge on any atom is -0.404 e. The van der Waals surface area contributed by atoms with E-state index in [0.29, 0.717) is 6.54 Å². The van der Waals surface area contributed by atoms with Crippen molar-refractivity contribution in [3.8, 4) is 5.75 Å². The van der Waals surface area contributed by atoms with Gasteiger partial charge in [0.15, 0.2) is 5.75 Å². The van der Waals surface area contributed by atoms with Crippen LogP contribution >= 0.6 is 0 Å². The lowest BCUT2D eigenvalue weighted by Crippen LogP contribution is -2.24. The van der Waals surface area contributed by atoms with Gasteiger partial charge in [-0.15, -0.1) is 13.2 Å². The molecular weight excluding hydrogens is 273 g/mol. The van der Waals surface area contributed by atoms with Crippen LogP contribution in [0.15, 0.2) is 29.8 Å². The number of carbonyl (C=O) groups is 1. The van der Waals surface area contributed by atoms with Gasteiger partial charge in [-0.25, -0.2) is 0 Å². The largest absolute Gasteiger partial charge is 0.573 e. The number of anilines is 1. The summed E-state index contributed by atoms with van der Waals surface area (Å²) in [5.41, 5.74) is 6.38. The zero-order valence-corrected chi connectivity index (χ0v) is 11.0. The van der Waals surface area contributed by atoms with E-state index in [0.717, 1.165) is 17.7 Å². The first-order chi connectivity index (χ1) is 9.19. The molecule has 0 aromatic heterocycles. The SMILES string of the molecule is CC(C)=CCNC(=O)c1ccc(OC(F)(F)F)c(N)c1. The van der Waals surface area contributed by atoms with Gasteiger partial charge >= 0.3 is 6.36 Å². The summed E-state index contributed by atoms with van der Waals surface area (Å²) in [4.78, 5) is 11.7. The molecule has 0 heterocycles. The molecule has 20 heavy (non-hydrogen) atoms. The molecule has 0 aliphatic carbocycles. The Morgan fingerprint density at radius 3 is 2.55 bits per heavy atom. The summed E-state index contributed by atoms with van der Waals surface area (Å²) in [5.74, 6) is -0.953. The second kappa shape index (κ2) is 6.31. The van der Waals surface area contributed by atoms with Crippen molar-refractivity contribution in [2.24, 2.45) is 0 Å². The predicted molar refractivity (Wildman–Crippen MR) is 69.3 cm³/mol. The van der Waals surface area contributed by atoms with Gasteiger partial charge in [-0.05, 0) is 32.0 Å². The highest BCUT2D eigenvalue weighted by Gasteiger charge is 2.32. The molecule has 0 spiro atoms. The van der Waals surface area contributed by atoms with Gasteiger partial charge in [-0.3, -0.25) is 4.79 Å². The lowest BCUT2D eigenvalue weighted by molar-refractivity contribution is -0.274. The van der Waals surface area contributed by atoms with Gasteiger partial charge in [0.05, 0.1) is 5.69 Å². The summed E-state index contributed by atoms with van der Waals surface area (Å²) >= 11 is 0. The number of ether oxygens (including phenoxy) is 1. The highest BCUT2D eigenvalue weighted by Crippen LogP contribution is 2.28. The van der Waals surface area contributed by atoms with Crippen molar-refractivity contribution in [2.45, 2.75) is 20.2 Å². The fraction of sp³-hybridized carbons (Fsp3) is 0.308. The molecule has 0 unspecified atom stereocenters. The Hall–Kier alpha value is -2.18. The number of amides is 1. The summed E-state index contributed by atoms with van der Waals surface area (Å²) < 4.78 is 39.9. The molecule has 0 bridgehead atoms. The van der Waals surface area contributed by atoms with E-state index in [2.05, 4.69) is 10.1 Å². The number of alkyl halides is 3. The van der Waals surface area contributed by atoms with E-state index in [9.17, 15) is 18.0 Å². The van der Waals surface area contributed by atoms with Gasteiger partial charge in [0, 0.05) is 12.1 Å². The number of halogens is 3. The molecule has 1 rings (SSSR count). The molecule has 1 amide bonds. The van der Waals surface area contributed by atoms with Crippen LogP contribution in [0, 0.1) is 0 Å². The van der Waals surface area contributed by atoms with E-state index in [1.54, 1.807) is 0 Å². The van der Waals surface area contributed by atoms with E-state index < -0.39 is 18.0 Å². The third-order valence-corrected chi connectivity index (χ3v) is 2.27. The first-order valence-electron chi connectivity index (χ1n) is 5.76. The number of allylic oxidation sites excluding steroid dienone is 1. The Morgan fingerprint density at radius 1 is 1.40 bits per heavy atom. The average Bonchev–Trinajstić information content (AvgIpc) is 2.29. The zero-order chi connectivity index (χ0) is 15.3. The van der Waals surface area contributed by atoms with Gasteiger partial charge in [0.2, 0.25) is 0 Å². The Balaban J connectivity index is 2.76. The quantitative estimate of drug-likeness (QED) is 0.661. The molecule has 4 nitrogen and oxygen atoms in total. The van der Waals surface area contributed by atoms with Gasteiger partial charge in [-0.2, -0.15) is 0 Å². The molecule has 0 aliphatic heterocycles. The number of benzene rings is 1. The van der Waals surface area contributed by atoms with Crippen LogP contribution < -0.4 is 15.8 Å². The van der Waals surface area contributed by atoms with E-state index in [1.807, 2.05) is 19.9 Å². The summed E-state index contributed by atoms with van der Waals surface area (Å²) in [6.07, 6.45) is -3.01. The summed E-state index contributed by atoms with van der Waals surface area (Å²) in [7, 11) is 0. The minimum absolute atomic E-state index is 0.166. The van der Waals surface area contributed by atoms with Crippen LogP contribution in [0.25, 0.3) is 0 Å². The van der Waals surface area contributed by atoms with Crippen molar-refractivity contribution in [1.82, 2.24) is 5.32 Å². The minimum atomic E-state index is -4.82. The van der Waals surface area contributed by atoms with Crippen molar-refractivity contribution in [2.75, 3.05) is 12.3 Å². The maximum atomic E-state index is 12.1. The molecule has 3 N–H and O–H groups in total. The zero-order valence-electron chi connectivity index (χ0n) is 11.0. The van der Waals surface area contributed by atoms with Crippen molar-refractivity contribution < 1.29 is 22.7 Å². The Morgan fingerprint density at radius 2 is 2.05 bits per heavy atom. The van der Waals surface area contributed by atoms with Crippen LogP contribution in [-0.2, 0) is 0 Å². The Kier molecular flexibility index (Phi) is 5.01. The van der Waals surface area contributed by atoms with Crippen LogP contribution in [0.5, 0.6) is 5.75 Å². The molecular formula is C13H15F3N2O2. The number of carbonyl (C=O) groups excluding carboxylic acids is 1. The van der Waals surface area contributed by atoms with E-state index in [-0.39, 0.29) is 11.3 Å². The van der Waals surface area contributed by atoms with Crippen molar-refractivity contribution in [1.29, 1.82) is 0 Å². The fourth-order valence-electron chi connectivity index (χ4n) is 1.36. The first kappa shape index (κ1) is 15.9. The van der Waals surface area contributed by atoms with Gasteiger partial charge in [0.1, 0.15) is 0 Å². The highest BCUT2D eigenvalue weighted by molar-refractivity contribution is 5.95. The van der Waals surface area contributed by atoms with Crippen LogP contribution in [0.4, 0.5) is 18.9 Å². The van der Waals surface area contributed by atoms with E-state index in [1.165, 1.54) is 6.07 Å². The predicted octanol–water partition coefficient (Wildman–Crippen LogP) is 2.86. The smallest absolute Gasteiger partial charge is 0.404 e. The number of nitrogen functional groups attached to an aromatic ring is 1. The average molecular weight is 288 g/mol. The van der Waals surface area contributed by atoms with Gasteiger partial charge in [0.25, 0.3) is 5.91 Å². The van der Waals surface area contributed by atoms with Crippen molar-refractivity contribution in [3.63, 3.8) is 0 Å². The summed E-state index contributed by atoms with van der Waals surface area (Å²) in [6.45, 7) is 4.10. The second-order valence-corrected chi connectivity index (χ2v) is 4.29. The lowest BCUT2D eigenvalue weighted by Gasteiger charge is -2.12. The molecule has 0 atom stereocenters. The van der Waals surface area contributed by atoms with Gasteiger partial charge in [-0.1, -0.05) is 11.6 Å². The first-order valence-corrected chi connectivity index (χ1v) is 5.76. The fourth-order valence-corrected chi connectivity index (χ4v) is 1.36. The number of nitrogens with one attached hydrogen (secondary N) is 1. The van der Waals surface area contributed by atoms with Crippen LogP contribution in [0.3, 0.4) is 0 Å². The van der Waals surface area contributed by atoms with E-state index in [4.69, 9.17) is 5.73 Å². The van der Waals surface area contributed by atoms with Crippen LogP contribution in [-0.4, -0.2) is 18.8 Å². The molecule has 0 aliphatic rings. The second-order valence-electron chi connectivity index (χ2n) is 4.29. The van der Waals surface area contributed by atoms with Crippen molar-refractivity contribution >= 4 is 11.6 Å². The number of hydrogen-bond donors (Lipinski definition) is 2. The third-order valence-electron chi connectivity index (χ3n) is 2.27. The lowest BCUT2D eigenvalue weighted by atomic mass is 10.1. The molecule has 0 saturated carbocycles. The van der Waals surface area contributed by atoms with Crippen LogP contribution in [0.1, 0.15) is 24.2 Å².